The predicted molar refractivity (Wildman–Crippen MR) is 111 cm³/mol. The molecule has 164 valence electrons. The van der Waals surface area contributed by atoms with Gasteiger partial charge in [0.05, 0.1) is 5.69 Å². The Balaban J connectivity index is 1.76. The Bertz CT molecular complexity index is 998. The SMILES string of the molecule is CCN1CCC[C@@H]1CNC(=O)[C@@]1(O)c2ccccc2NC(=O)N1c1c(F)cccc1F. The molecule has 2 aromatic rings. The molecule has 2 atom stereocenters. The highest BCUT2D eigenvalue weighted by Crippen LogP contribution is 2.41. The highest BCUT2D eigenvalue weighted by Gasteiger charge is 2.53. The van der Waals surface area contributed by atoms with Gasteiger partial charge in [0.25, 0.3) is 11.6 Å². The molecule has 3 N–H and O–H groups in total. The summed E-state index contributed by atoms with van der Waals surface area (Å²) in [6.07, 6.45) is 1.88. The number of para-hydroxylation sites is 2. The van der Waals surface area contributed by atoms with E-state index in [9.17, 15) is 23.5 Å². The third kappa shape index (κ3) is 3.53. The van der Waals surface area contributed by atoms with Crippen LogP contribution in [0.2, 0.25) is 0 Å². The molecule has 1 fully saturated rings. The number of likely N-dealkylation sites (tertiary alicyclic amines) is 1. The number of likely N-dealkylation sites (N-methyl/N-ethyl adjacent to an activating group) is 1. The molecule has 0 saturated carbocycles. The third-order valence-electron chi connectivity index (χ3n) is 5.95. The van der Waals surface area contributed by atoms with Crippen LogP contribution in [0.1, 0.15) is 25.3 Å². The summed E-state index contributed by atoms with van der Waals surface area (Å²) in [6.45, 7) is 4.01. The first-order chi connectivity index (χ1) is 14.9. The smallest absolute Gasteiger partial charge is 0.329 e. The van der Waals surface area contributed by atoms with Gasteiger partial charge in [-0.1, -0.05) is 31.2 Å². The third-order valence-corrected chi connectivity index (χ3v) is 5.95. The molecule has 7 nitrogen and oxygen atoms in total. The Kier molecular flexibility index (Phi) is 5.63. The van der Waals surface area contributed by atoms with E-state index in [4.69, 9.17) is 0 Å². The van der Waals surface area contributed by atoms with Crippen LogP contribution in [-0.2, 0) is 10.5 Å². The summed E-state index contributed by atoms with van der Waals surface area (Å²) in [6, 6.07) is 8.27. The first-order valence-electron chi connectivity index (χ1n) is 10.3. The lowest BCUT2D eigenvalue weighted by Gasteiger charge is -2.42. The second-order valence-corrected chi connectivity index (χ2v) is 7.69. The van der Waals surface area contributed by atoms with Crippen LogP contribution in [0.15, 0.2) is 42.5 Å². The van der Waals surface area contributed by atoms with Gasteiger partial charge < -0.3 is 15.7 Å². The van der Waals surface area contributed by atoms with Crippen molar-refractivity contribution in [2.24, 2.45) is 0 Å². The highest BCUT2D eigenvalue weighted by atomic mass is 19.1. The van der Waals surface area contributed by atoms with Crippen LogP contribution in [-0.4, -0.2) is 47.6 Å². The van der Waals surface area contributed by atoms with Crippen molar-refractivity contribution in [1.82, 2.24) is 10.2 Å². The van der Waals surface area contributed by atoms with Crippen molar-refractivity contribution in [1.29, 1.82) is 0 Å². The molecule has 0 bridgehead atoms. The summed E-state index contributed by atoms with van der Waals surface area (Å²) in [5.74, 6) is -3.08. The second kappa shape index (κ2) is 8.24. The van der Waals surface area contributed by atoms with Gasteiger partial charge in [0.15, 0.2) is 0 Å². The molecule has 2 aliphatic rings. The molecule has 2 aliphatic heterocycles. The molecule has 0 unspecified atom stereocenters. The Morgan fingerprint density at radius 2 is 1.94 bits per heavy atom. The maximum atomic E-state index is 14.6. The molecule has 2 aromatic carbocycles. The van der Waals surface area contributed by atoms with E-state index in [0.29, 0.717) is 4.90 Å². The first-order valence-corrected chi connectivity index (χ1v) is 10.3. The van der Waals surface area contributed by atoms with Crippen LogP contribution in [0.5, 0.6) is 0 Å². The summed E-state index contributed by atoms with van der Waals surface area (Å²) >= 11 is 0. The zero-order valence-corrected chi connectivity index (χ0v) is 17.1. The molecule has 0 radical (unpaired) electrons. The van der Waals surface area contributed by atoms with Crippen molar-refractivity contribution in [2.75, 3.05) is 29.9 Å². The first kappa shape index (κ1) is 21.2. The standard InChI is InChI=1S/C22H24F2N4O3/c1-2-27-12-6-7-14(27)13-25-20(29)22(31)15-8-3-4-11-18(15)26-21(30)28(22)19-16(23)9-5-10-17(19)24/h3-5,8-11,14,31H,2,6-7,12-13H2,1H3,(H,25,29)(H,26,30)/t14-,22+/m1/s1. The van der Waals surface area contributed by atoms with E-state index >= 15 is 0 Å². The summed E-state index contributed by atoms with van der Waals surface area (Å²) in [5, 5.41) is 16.8. The number of anilines is 2. The van der Waals surface area contributed by atoms with E-state index in [-0.39, 0.29) is 23.8 Å². The zero-order valence-electron chi connectivity index (χ0n) is 17.1. The van der Waals surface area contributed by atoms with E-state index < -0.39 is 35.0 Å². The lowest BCUT2D eigenvalue weighted by Crippen LogP contribution is -2.63. The average Bonchev–Trinajstić information content (AvgIpc) is 3.21. The summed E-state index contributed by atoms with van der Waals surface area (Å²) in [7, 11) is 0. The molecule has 0 aliphatic carbocycles. The van der Waals surface area contributed by atoms with Gasteiger partial charge in [-0.05, 0) is 44.1 Å². The van der Waals surface area contributed by atoms with Crippen molar-refractivity contribution in [3.63, 3.8) is 0 Å². The van der Waals surface area contributed by atoms with Gasteiger partial charge in [0.1, 0.15) is 17.3 Å². The number of carbonyl (C=O) groups excluding carboxylic acids is 2. The molecule has 2 heterocycles. The fourth-order valence-electron chi connectivity index (χ4n) is 4.40. The Hall–Kier alpha value is -3.04. The van der Waals surface area contributed by atoms with Crippen molar-refractivity contribution in [2.45, 2.75) is 31.5 Å². The van der Waals surface area contributed by atoms with Gasteiger partial charge in [-0.15, -0.1) is 0 Å². The van der Waals surface area contributed by atoms with Gasteiger partial charge in [0, 0.05) is 18.2 Å². The number of hydrogen-bond donors (Lipinski definition) is 3. The Morgan fingerprint density at radius 3 is 2.65 bits per heavy atom. The van der Waals surface area contributed by atoms with Crippen molar-refractivity contribution in [3.05, 3.63) is 59.7 Å². The fraction of sp³-hybridized carbons (Fsp3) is 0.364. The monoisotopic (exact) mass is 430 g/mol. The fourth-order valence-corrected chi connectivity index (χ4v) is 4.40. The number of benzene rings is 2. The van der Waals surface area contributed by atoms with Gasteiger partial charge in [0.2, 0.25) is 0 Å². The summed E-state index contributed by atoms with van der Waals surface area (Å²) in [5.41, 5.74) is -3.23. The number of aliphatic hydroxyl groups is 1. The molecular formula is C22H24F2N4O3. The van der Waals surface area contributed by atoms with Crippen LogP contribution >= 0.6 is 0 Å². The van der Waals surface area contributed by atoms with Gasteiger partial charge in [-0.3, -0.25) is 9.69 Å². The minimum absolute atomic E-state index is 0.0218. The Labute approximate surface area is 178 Å². The molecular weight excluding hydrogens is 406 g/mol. The predicted octanol–water partition coefficient (Wildman–Crippen LogP) is 2.76. The molecule has 0 spiro atoms. The van der Waals surface area contributed by atoms with E-state index in [1.54, 1.807) is 12.1 Å². The normalized spacial score (nSPS) is 23.4. The highest BCUT2D eigenvalue weighted by molar-refractivity contribution is 6.12. The number of fused-ring (bicyclic) bond motifs is 1. The number of amides is 3. The minimum atomic E-state index is -2.64. The van der Waals surface area contributed by atoms with Crippen LogP contribution in [0.3, 0.4) is 0 Å². The zero-order chi connectivity index (χ0) is 22.2. The van der Waals surface area contributed by atoms with Crippen molar-refractivity contribution >= 4 is 23.3 Å². The molecule has 0 aromatic heterocycles. The lowest BCUT2D eigenvalue weighted by atomic mass is 9.94. The largest absolute Gasteiger partial charge is 0.359 e. The van der Waals surface area contributed by atoms with Crippen LogP contribution in [0.25, 0.3) is 0 Å². The van der Waals surface area contributed by atoms with E-state index in [1.165, 1.54) is 12.1 Å². The van der Waals surface area contributed by atoms with Crippen molar-refractivity contribution < 1.29 is 23.5 Å². The molecule has 9 heteroatoms. The summed E-state index contributed by atoms with van der Waals surface area (Å²) in [4.78, 5) is 28.9. The van der Waals surface area contributed by atoms with E-state index in [0.717, 1.165) is 44.1 Å². The average molecular weight is 430 g/mol. The number of rotatable bonds is 5. The summed E-state index contributed by atoms with van der Waals surface area (Å²) < 4.78 is 29.2. The van der Waals surface area contributed by atoms with Gasteiger partial charge in [-0.25, -0.2) is 18.5 Å². The van der Waals surface area contributed by atoms with E-state index in [2.05, 4.69) is 15.5 Å². The van der Waals surface area contributed by atoms with Gasteiger partial charge in [-0.2, -0.15) is 0 Å². The lowest BCUT2D eigenvalue weighted by molar-refractivity contribution is -0.140. The molecule has 4 rings (SSSR count). The molecule has 1 saturated heterocycles. The van der Waals surface area contributed by atoms with Crippen LogP contribution < -0.4 is 15.5 Å². The minimum Gasteiger partial charge on any atom is -0.359 e. The van der Waals surface area contributed by atoms with Crippen LogP contribution in [0, 0.1) is 11.6 Å². The topological polar surface area (TPSA) is 84.9 Å². The maximum Gasteiger partial charge on any atom is 0.329 e. The molecule has 3 amide bonds. The number of halogens is 2. The number of nitrogens with one attached hydrogen (secondary N) is 2. The maximum absolute atomic E-state index is 14.6. The Morgan fingerprint density at radius 1 is 1.23 bits per heavy atom. The van der Waals surface area contributed by atoms with Crippen molar-refractivity contribution in [3.8, 4) is 0 Å². The number of urea groups is 1. The number of carbonyl (C=O) groups is 2. The second-order valence-electron chi connectivity index (χ2n) is 7.69. The van der Waals surface area contributed by atoms with Crippen LogP contribution in [0.4, 0.5) is 25.0 Å². The number of nitrogens with zero attached hydrogens (tertiary/aromatic N) is 2. The van der Waals surface area contributed by atoms with E-state index in [1.807, 2.05) is 6.92 Å². The van der Waals surface area contributed by atoms with Gasteiger partial charge >= 0.3 is 6.03 Å². The molecule has 31 heavy (non-hydrogen) atoms. The quantitative estimate of drug-likeness (QED) is 0.681. The number of hydrogen-bond acceptors (Lipinski definition) is 4.